The maximum atomic E-state index is 5.61. The third-order valence-corrected chi connectivity index (χ3v) is 2.90. The van der Waals surface area contributed by atoms with Gasteiger partial charge in [0, 0.05) is 18.1 Å². The molecule has 1 rings (SSSR count). The van der Waals surface area contributed by atoms with Gasteiger partial charge >= 0.3 is 0 Å². The highest BCUT2D eigenvalue weighted by molar-refractivity contribution is 6.25. The summed E-state index contributed by atoms with van der Waals surface area (Å²) in [6.45, 7) is 7.16. The van der Waals surface area contributed by atoms with Crippen molar-refractivity contribution in [1.29, 1.82) is 0 Å². The van der Waals surface area contributed by atoms with Gasteiger partial charge in [-0.05, 0) is 37.5 Å². The molecule has 0 radical (unpaired) electrons. The fourth-order valence-corrected chi connectivity index (χ4v) is 1.61. The molecule has 0 bridgehead atoms. The molecule has 1 atom stereocenters. The van der Waals surface area contributed by atoms with Crippen LogP contribution in [-0.2, 0) is 0 Å². The Hall–Kier alpha value is -0.790. The minimum atomic E-state index is 0.359. The van der Waals surface area contributed by atoms with Crippen LogP contribution in [0.15, 0.2) is 35.4 Å². The van der Waals surface area contributed by atoms with Crippen LogP contribution < -0.4 is 5.32 Å². The van der Waals surface area contributed by atoms with E-state index in [0.717, 1.165) is 12.1 Å². The second-order valence-electron chi connectivity index (χ2n) is 3.91. The molecule has 0 amide bonds. The topological polar surface area (TPSA) is 12.0 Å². The van der Waals surface area contributed by atoms with Crippen molar-refractivity contribution >= 4 is 11.6 Å². The zero-order chi connectivity index (χ0) is 11.3. The Morgan fingerprint density at radius 1 is 1.47 bits per heavy atom. The Morgan fingerprint density at radius 2 is 2.13 bits per heavy atom. The normalized spacial score (nSPS) is 14.0. The van der Waals surface area contributed by atoms with Gasteiger partial charge in [0.15, 0.2) is 0 Å². The van der Waals surface area contributed by atoms with Crippen molar-refractivity contribution < 1.29 is 0 Å². The highest BCUT2D eigenvalue weighted by Gasteiger charge is 2.06. The van der Waals surface area contributed by atoms with Crippen molar-refractivity contribution in [2.24, 2.45) is 0 Å². The fourth-order valence-electron chi connectivity index (χ4n) is 1.54. The molecule has 0 aliphatic rings. The van der Waals surface area contributed by atoms with E-state index in [9.17, 15) is 0 Å². The molecule has 82 valence electrons. The summed E-state index contributed by atoms with van der Waals surface area (Å²) < 4.78 is 0. The standard InChI is InChI=1S/C13H18ClN/c1-10(8-14)9-15-12(3)13-7-5-4-6-11(13)2/h4-8,12,15H,9H2,1-3H3/b10-8+/t12-/m1/s1. The lowest BCUT2D eigenvalue weighted by Crippen LogP contribution is -2.21. The van der Waals surface area contributed by atoms with Gasteiger partial charge in [-0.15, -0.1) is 0 Å². The van der Waals surface area contributed by atoms with Crippen LogP contribution in [0.4, 0.5) is 0 Å². The molecule has 0 aliphatic carbocycles. The van der Waals surface area contributed by atoms with Crippen LogP contribution in [0, 0.1) is 6.92 Å². The number of aryl methyl sites for hydroxylation is 1. The summed E-state index contributed by atoms with van der Waals surface area (Å²) in [5, 5.41) is 3.44. The average Bonchev–Trinajstić information content (AvgIpc) is 2.26. The van der Waals surface area contributed by atoms with Crippen molar-refractivity contribution in [2.45, 2.75) is 26.8 Å². The van der Waals surface area contributed by atoms with Crippen LogP contribution in [0.3, 0.4) is 0 Å². The molecule has 0 fully saturated rings. The Morgan fingerprint density at radius 3 is 2.73 bits per heavy atom. The smallest absolute Gasteiger partial charge is 0.0297 e. The molecule has 1 nitrogen and oxygen atoms in total. The molecule has 2 heteroatoms. The minimum absolute atomic E-state index is 0.359. The summed E-state index contributed by atoms with van der Waals surface area (Å²) in [7, 11) is 0. The van der Waals surface area contributed by atoms with E-state index in [0.29, 0.717) is 6.04 Å². The van der Waals surface area contributed by atoms with Gasteiger partial charge < -0.3 is 5.32 Å². The zero-order valence-electron chi connectivity index (χ0n) is 9.55. The molecular weight excluding hydrogens is 206 g/mol. The van der Waals surface area contributed by atoms with Crippen molar-refractivity contribution in [1.82, 2.24) is 5.32 Å². The Labute approximate surface area is 97.1 Å². The third kappa shape index (κ3) is 3.69. The number of halogens is 1. The molecule has 0 unspecified atom stereocenters. The molecule has 1 N–H and O–H groups in total. The number of nitrogens with one attached hydrogen (secondary N) is 1. The molecule has 0 aliphatic heterocycles. The lowest BCUT2D eigenvalue weighted by molar-refractivity contribution is 0.604. The number of hydrogen-bond donors (Lipinski definition) is 1. The van der Waals surface area contributed by atoms with Gasteiger partial charge in [0.1, 0.15) is 0 Å². The number of hydrogen-bond acceptors (Lipinski definition) is 1. The van der Waals surface area contributed by atoms with E-state index in [1.807, 2.05) is 6.92 Å². The average molecular weight is 224 g/mol. The Kier molecular flexibility index (Phi) is 4.86. The van der Waals surface area contributed by atoms with Crippen LogP contribution in [0.2, 0.25) is 0 Å². The first kappa shape index (κ1) is 12.3. The van der Waals surface area contributed by atoms with E-state index >= 15 is 0 Å². The van der Waals surface area contributed by atoms with Crippen molar-refractivity contribution in [3.63, 3.8) is 0 Å². The third-order valence-electron chi connectivity index (χ3n) is 2.53. The zero-order valence-corrected chi connectivity index (χ0v) is 10.3. The minimum Gasteiger partial charge on any atom is -0.306 e. The van der Waals surface area contributed by atoms with Crippen molar-refractivity contribution in [3.05, 3.63) is 46.5 Å². The predicted octanol–water partition coefficient (Wildman–Crippen LogP) is 3.79. The first-order valence-electron chi connectivity index (χ1n) is 5.20. The SMILES string of the molecule is C/C(=C\Cl)CN[C@H](C)c1ccccc1C. The van der Waals surface area contributed by atoms with Gasteiger partial charge in [-0.3, -0.25) is 0 Å². The second-order valence-corrected chi connectivity index (χ2v) is 4.13. The van der Waals surface area contributed by atoms with E-state index in [1.165, 1.54) is 11.1 Å². The van der Waals surface area contributed by atoms with Gasteiger partial charge in [0.25, 0.3) is 0 Å². The van der Waals surface area contributed by atoms with Crippen LogP contribution >= 0.6 is 11.6 Å². The predicted molar refractivity (Wildman–Crippen MR) is 67.2 cm³/mol. The molecule has 0 heterocycles. The van der Waals surface area contributed by atoms with Crippen LogP contribution in [0.1, 0.15) is 31.0 Å². The van der Waals surface area contributed by atoms with Gasteiger partial charge in [-0.2, -0.15) is 0 Å². The fraction of sp³-hybridized carbons (Fsp3) is 0.385. The molecule has 1 aromatic carbocycles. The van der Waals surface area contributed by atoms with E-state index in [2.05, 4.69) is 43.4 Å². The second kappa shape index (κ2) is 5.94. The number of rotatable bonds is 4. The summed E-state index contributed by atoms with van der Waals surface area (Å²) in [5.74, 6) is 0. The van der Waals surface area contributed by atoms with Crippen LogP contribution in [0.5, 0.6) is 0 Å². The van der Waals surface area contributed by atoms with Crippen molar-refractivity contribution in [2.75, 3.05) is 6.54 Å². The molecule has 1 aromatic rings. The van der Waals surface area contributed by atoms with Gasteiger partial charge in [-0.25, -0.2) is 0 Å². The number of benzene rings is 1. The van der Waals surface area contributed by atoms with E-state index in [-0.39, 0.29) is 0 Å². The first-order chi connectivity index (χ1) is 7.15. The monoisotopic (exact) mass is 223 g/mol. The van der Waals surface area contributed by atoms with Crippen molar-refractivity contribution in [3.8, 4) is 0 Å². The summed E-state index contributed by atoms with van der Waals surface area (Å²) >= 11 is 5.61. The molecule has 0 spiro atoms. The summed E-state index contributed by atoms with van der Waals surface area (Å²) in [5.41, 5.74) is 5.44. The molecule has 0 saturated carbocycles. The first-order valence-corrected chi connectivity index (χ1v) is 5.63. The maximum Gasteiger partial charge on any atom is 0.0297 e. The van der Waals surface area contributed by atoms with Gasteiger partial charge in [-0.1, -0.05) is 35.9 Å². The quantitative estimate of drug-likeness (QED) is 0.819. The molecule has 0 saturated heterocycles. The van der Waals surface area contributed by atoms with E-state index in [4.69, 9.17) is 11.6 Å². The van der Waals surface area contributed by atoms with Crippen LogP contribution in [0.25, 0.3) is 0 Å². The largest absolute Gasteiger partial charge is 0.306 e. The summed E-state index contributed by atoms with van der Waals surface area (Å²) in [6, 6.07) is 8.79. The Balaban J connectivity index is 2.61. The lowest BCUT2D eigenvalue weighted by Gasteiger charge is -2.16. The summed E-state index contributed by atoms with van der Waals surface area (Å²) in [4.78, 5) is 0. The molecule has 0 aromatic heterocycles. The molecular formula is C13H18ClN. The summed E-state index contributed by atoms with van der Waals surface area (Å²) in [6.07, 6.45) is 0. The van der Waals surface area contributed by atoms with Crippen LogP contribution in [-0.4, -0.2) is 6.54 Å². The lowest BCUT2D eigenvalue weighted by atomic mass is 10.0. The Bertz CT molecular complexity index is 344. The van der Waals surface area contributed by atoms with Gasteiger partial charge in [0.05, 0.1) is 0 Å². The molecule has 15 heavy (non-hydrogen) atoms. The maximum absolute atomic E-state index is 5.61. The van der Waals surface area contributed by atoms with E-state index in [1.54, 1.807) is 5.54 Å². The van der Waals surface area contributed by atoms with E-state index < -0.39 is 0 Å². The highest BCUT2D eigenvalue weighted by Crippen LogP contribution is 2.16. The van der Waals surface area contributed by atoms with Gasteiger partial charge in [0.2, 0.25) is 0 Å². The highest BCUT2D eigenvalue weighted by atomic mass is 35.5.